The highest BCUT2D eigenvalue weighted by molar-refractivity contribution is 14.1. The van der Waals surface area contributed by atoms with Crippen molar-refractivity contribution in [1.29, 1.82) is 0 Å². The van der Waals surface area contributed by atoms with E-state index in [0.29, 0.717) is 53.0 Å². The molecule has 1 amide bonds. The number of amides is 1. The Morgan fingerprint density at radius 1 is 1.03 bits per heavy atom. The summed E-state index contributed by atoms with van der Waals surface area (Å²) in [6, 6.07) is 16.4. The molecule has 7 nitrogen and oxygen atoms in total. The Labute approximate surface area is 216 Å². The number of nitrogens with one attached hydrogen (secondary N) is 2. The molecule has 3 aromatic carbocycles. The Bertz CT molecular complexity index is 1410. The molecule has 33 heavy (non-hydrogen) atoms. The van der Waals surface area contributed by atoms with E-state index in [2.05, 4.69) is 54.1 Å². The summed E-state index contributed by atoms with van der Waals surface area (Å²) in [6.07, 6.45) is 0. The smallest absolute Gasteiger partial charge is 0.257 e. The Kier molecular flexibility index (Phi) is 6.21. The molecule has 0 fully saturated rings. The molecule has 1 aliphatic heterocycles. The van der Waals surface area contributed by atoms with E-state index in [-0.39, 0.29) is 11.0 Å². The van der Waals surface area contributed by atoms with Gasteiger partial charge in [0.1, 0.15) is 18.7 Å². The van der Waals surface area contributed by atoms with E-state index >= 15 is 0 Å². The highest BCUT2D eigenvalue weighted by Gasteiger charge is 2.16. The third kappa shape index (κ3) is 4.82. The number of anilines is 1. The van der Waals surface area contributed by atoms with Gasteiger partial charge in [0.25, 0.3) is 5.91 Å². The summed E-state index contributed by atoms with van der Waals surface area (Å²) in [6.45, 7) is 0.941. The fourth-order valence-corrected chi connectivity index (χ4v) is 4.42. The maximum Gasteiger partial charge on any atom is 0.257 e. The molecule has 1 aromatic heterocycles. The summed E-state index contributed by atoms with van der Waals surface area (Å²) in [5.74, 6) is 1.33. The largest absolute Gasteiger partial charge is 0.486 e. The molecule has 2 heterocycles. The van der Waals surface area contributed by atoms with E-state index < -0.39 is 0 Å². The van der Waals surface area contributed by atoms with Crippen molar-refractivity contribution in [2.45, 2.75) is 0 Å². The topological polar surface area (TPSA) is 85.6 Å². The zero-order valence-electron chi connectivity index (χ0n) is 16.9. The molecule has 4 aromatic rings. The summed E-state index contributed by atoms with van der Waals surface area (Å²) in [5, 5.41) is 5.86. The molecule has 1 aliphatic rings. The standard InChI is InChI=1S/C23H15BrIN3O4S/c24-16-4-2-13(25)10-15(16)22-27-17-11-14(3-6-18(17)32-22)26-23(33)28-21(29)12-1-5-19-20(9-12)31-8-7-30-19/h1-6,9-11H,7-8H2,(H2,26,28,29,33). The summed E-state index contributed by atoms with van der Waals surface area (Å²) in [7, 11) is 0. The number of nitrogens with zero attached hydrogens (tertiary/aromatic N) is 1. The molecule has 0 atom stereocenters. The number of rotatable bonds is 3. The quantitative estimate of drug-likeness (QED) is 0.219. The van der Waals surface area contributed by atoms with Crippen molar-refractivity contribution in [3.8, 4) is 23.0 Å². The van der Waals surface area contributed by atoms with Crippen molar-refractivity contribution in [2.24, 2.45) is 0 Å². The fraction of sp³-hybridized carbons (Fsp3) is 0.0870. The SMILES string of the molecule is O=C(NC(=S)Nc1ccc2oc(-c3cc(I)ccc3Br)nc2c1)c1ccc2c(c1)OCCO2. The van der Waals surface area contributed by atoms with E-state index in [1.807, 2.05) is 30.3 Å². The van der Waals surface area contributed by atoms with Gasteiger partial charge in [-0.2, -0.15) is 0 Å². The first-order valence-electron chi connectivity index (χ1n) is 9.84. The van der Waals surface area contributed by atoms with Crippen LogP contribution in [0, 0.1) is 3.57 Å². The third-order valence-corrected chi connectivity index (χ3v) is 6.40. The van der Waals surface area contributed by atoms with Crippen molar-refractivity contribution < 1.29 is 18.7 Å². The molecule has 0 unspecified atom stereocenters. The normalized spacial score (nSPS) is 12.4. The number of fused-ring (bicyclic) bond motifs is 2. The lowest BCUT2D eigenvalue weighted by atomic mass is 10.2. The minimum absolute atomic E-state index is 0.165. The second-order valence-electron chi connectivity index (χ2n) is 7.09. The van der Waals surface area contributed by atoms with Crippen molar-refractivity contribution in [1.82, 2.24) is 10.3 Å². The molecule has 0 saturated heterocycles. The van der Waals surface area contributed by atoms with Crippen molar-refractivity contribution in [3.63, 3.8) is 0 Å². The Morgan fingerprint density at radius 3 is 2.70 bits per heavy atom. The monoisotopic (exact) mass is 635 g/mol. The van der Waals surface area contributed by atoms with Crippen molar-refractivity contribution >= 4 is 78.5 Å². The number of hydrogen-bond donors (Lipinski definition) is 2. The average Bonchev–Trinajstić information content (AvgIpc) is 3.23. The summed E-state index contributed by atoms with van der Waals surface area (Å²) in [5.41, 5.74) is 3.28. The molecule has 0 aliphatic carbocycles. The number of carbonyl (C=O) groups excluding carboxylic acids is 1. The predicted molar refractivity (Wildman–Crippen MR) is 141 cm³/mol. The van der Waals surface area contributed by atoms with E-state index in [4.69, 9.17) is 26.1 Å². The molecule has 2 N–H and O–H groups in total. The van der Waals surface area contributed by atoms with E-state index in [1.165, 1.54) is 0 Å². The van der Waals surface area contributed by atoms with Crippen LogP contribution in [0.5, 0.6) is 11.5 Å². The van der Waals surface area contributed by atoms with E-state index in [0.717, 1.165) is 13.6 Å². The van der Waals surface area contributed by atoms with Crippen LogP contribution < -0.4 is 20.1 Å². The number of carbonyl (C=O) groups is 1. The van der Waals surface area contributed by atoms with E-state index in [9.17, 15) is 4.79 Å². The van der Waals surface area contributed by atoms with Crippen molar-refractivity contribution in [3.05, 3.63) is 68.2 Å². The maximum absolute atomic E-state index is 12.6. The number of hydrogen-bond acceptors (Lipinski definition) is 6. The lowest BCUT2D eigenvalue weighted by Crippen LogP contribution is -2.34. The van der Waals surface area contributed by atoms with Crippen LogP contribution >= 0.6 is 50.7 Å². The molecule has 0 bridgehead atoms. The van der Waals surface area contributed by atoms with Gasteiger partial charge in [-0.25, -0.2) is 4.98 Å². The molecule has 166 valence electrons. The van der Waals surface area contributed by atoms with Crippen molar-refractivity contribution in [2.75, 3.05) is 18.5 Å². The zero-order valence-corrected chi connectivity index (χ0v) is 21.4. The number of benzene rings is 3. The van der Waals surface area contributed by atoms with Gasteiger partial charge in [0.15, 0.2) is 22.2 Å². The van der Waals surface area contributed by atoms with Crippen LogP contribution in [-0.2, 0) is 0 Å². The van der Waals surface area contributed by atoms with Gasteiger partial charge in [0, 0.05) is 19.3 Å². The molecular formula is C23H15BrIN3O4S. The van der Waals surface area contributed by atoms with Crippen LogP contribution in [0.15, 0.2) is 63.5 Å². The number of thiocarbonyl (C=S) groups is 1. The van der Waals surface area contributed by atoms with Crippen LogP contribution in [0.3, 0.4) is 0 Å². The lowest BCUT2D eigenvalue weighted by Gasteiger charge is -2.18. The minimum Gasteiger partial charge on any atom is -0.486 e. The highest BCUT2D eigenvalue weighted by Crippen LogP contribution is 2.33. The van der Waals surface area contributed by atoms with Gasteiger partial charge in [0.2, 0.25) is 5.89 Å². The minimum atomic E-state index is -0.349. The number of oxazole rings is 1. The number of aromatic nitrogens is 1. The number of ether oxygens (including phenoxy) is 2. The van der Waals surface area contributed by atoms with Gasteiger partial charge in [-0.05, 0) is 105 Å². The van der Waals surface area contributed by atoms with Gasteiger partial charge in [-0.1, -0.05) is 0 Å². The maximum atomic E-state index is 12.6. The molecular weight excluding hydrogens is 621 g/mol. The summed E-state index contributed by atoms with van der Waals surface area (Å²) in [4.78, 5) is 17.2. The fourth-order valence-electron chi connectivity index (χ4n) is 3.30. The van der Waals surface area contributed by atoms with Crippen LogP contribution in [0.2, 0.25) is 0 Å². The van der Waals surface area contributed by atoms with Crippen LogP contribution in [-0.4, -0.2) is 29.2 Å². The second-order valence-corrected chi connectivity index (χ2v) is 9.60. The molecule has 10 heteroatoms. The first-order chi connectivity index (χ1) is 16.0. The first kappa shape index (κ1) is 22.1. The average molecular weight is 636 g/mol. The predicted octanol–water partition coefficient (Wildman–Crippen LogP) is 5.76. The van der Waals surface area contributed by atoms with Gasteiger partial charge in [-0.15, -0.1) is 0 Å². The van der Waals surface area contributed by atoms with Crippen LogP contribution in [0.4, 0.5) is 5.69 Å². The Balaban J connectivity index is 1.30. The van der Waals surface area contributed by atoms with Crippen LogP contribution in [0.1, 0.15) is 10.4 Å². The molecule has 0 spiro atoms. The van der Waals surface area contributed by atoms with E-state index in [1.54, 1.807) is 24.3 Å². The number of halogens is 2. The molecule has 0 saturated carbocycles. The summed E-state index contributed by atoms with van der Waals surface area (Å²) < 4.78 is 18.9. The Hall–Kier alpha value is -2.70. The van der Waals surface area contributed by atoms with Crippen LogP contribution in [0.25, 0.3) is 22.6 Å². The first-order valence-corrected chi connectivity index (χ1v) is 12.1. The summed E-state index contributed by atoms with van der Waals surface area (Å²) >= 11 is 11.1. The van der Waals surface area contributed by atoms with Gasteiger partial charge in [-0.3, -0.25) is 10.1 Å². The molecule has 5 rings (SSSR count). The van der Waals surface area contributed by atoms with Gasteiger partial charge in [0.05, 0.1) is 5.56 Å². The highest BCUT2D eigenvalue weighted by atomic mass is 127. The lowest BCUT2D eigenvalue weighted by molar-refractivity contribution is 0.0976. The van der Waals surface area contributed by atoms with Gasteiger partial charge < -0.3 is 19.2 Å². The third-order valence-electron chi connectivity index (χ3n) is 4.84. The molecule has 0 radical (unpaired) electrons. The van der Waals surface area contributed by atoms with Gasteiger partial charge >= 0.3 is 0 Å². The Morgan fingerprint density at radius 2 is 1.85 bits per heavy atom. The zero-order chi connectivity index (χ0) is 22.9. The second kappa shape index (κ2) is 9.27.